The highest BCUT2D eigenvalue weighted by Crippen LogP contribution is 2.29. The van der Waals surface area contributed by atoms with E-state index in [9.17, 15) is 4.39 Å². The lowest BCUT2D eigenvalue weighted by atomic mass is 10.0. The quantitative estimate of drug-likeness (QED) is 0.899. The first-order valence-electron chi connectivity index (χ1n) is 6.32. The molecule has 0 amide bonds. The lowest BCUT2D eigenvalue weighted by Crippen LogP contribution is -2.30. The molecule has 0 saturated carbocycles. The molecular formula is C14H16FN3O. The van der Waals surface area contributed by atoms with Crippen molar-refractivity contribution in [1.82, 2.24) is 9.55 Å². The number of benzene rings is 1. The van der Waals surface area contributed by atoms with Crippen LogP contribution in [-0.2, 0) is 13.0 Å². The van der Waals surface area contributed by atoms with Gasteiger partial charge in [0.15, 0.2) is 11.6 Å². The number of methoxy groups -OCH3 is 1. The Balaban J connectivity index is 2.03. The Bertz CT molecular complexity index is 609. The van der Waals surface area contributed by atoms with Crippen molar-refractivity contribution in [1.29, 1.82) is 0 Å². The van der Waals surface area contributed by atoms with E-state index in [1.165, 1.54) is 13.2 Å². The summed E-state index contributed by atoms with van der Waals surface area (Å²) in [5.74, 6) is -0.129. The number of hydrogen-bond donors (Lipinski definition) is 1. The number of fused-ring (bicyclic) bond motifs is 1. The van der Waals surface area contributed by atoms with Gasteiger partial charge in [-0.25, -0.2) is 9.37 Å². The van der Waals surface area contributed by atoms with Crippen molar-refractivity contribution in [2.75, 3.05) is 7.11 Å². The molecule has 100 valence electrons. The van der Waals surface area contributed by atoms with E-state index >= 15 is 0 Å². The zero-order valence-electron chi connectivity index (χ0n) is 10.8. The van der Waals surface area contributed by atoms with Crippen LogP contribution < -0.4 is 10.5 Å². The standard InChI is InChI=1S/C14H16FN3O/c1-19-13-3-2-9(6-11(13)15)14-12-7-10(16)4-5-18(12)8-17-14/h2-3,6,8,10H,4-5,7,16H2,1H3. The fraction of sp³-hybridized carbons (Fsp3) is 0.357. The van der Waals surface area contributed by atoms with Gasteiger partial charge in [0.2, 0.25) is 0 Å². The van der Waals surface area contributed by atoms with E-state index in [0.29, 0.717) is 0 Å². The van der Waals surface area contributed by atoms with Crippen LogP contribution in [0.1, 0.15) is 12.1 Å². The summed E-state index contributed by atoms with van der Waals surface area (Å²) in [7, 11) is 1.45. The van der Waals surface area contributed by atoms with Gasteiger partial charge in [0, 0.05) is 30.3 Å². The predicted molar refractivity (Wildman–Crippen MR) is 70.5 cm³/mol. The minimum absolute atomic E-state index is 0.158. The van der Waals surface area contributed by atoms with Gasteiger partial charge in [-0.15, -0.1) is 0 Å². The first kappa shape index (κ1) is 12.2. The van der Waals surface area contributed by atoms with E-state index in [-0.39, 0.29) is 17.6 Å². The number of nitrogens with zero attached hydrogens (tertiary/aromatic N) is 2. The highest BCUT2D eigenvalue weighted by Gasteiger charge is 2.21. The van der Waals surface area contributed by atoms with Gasteiger partial charge < -0.3 is 15.0 Å². The number of ether oxygens (including phenoxy) is 1. The van der Waals surface area contributed by atoms with Crippen LogP contribution >= 0.6 is 0 Å². The number of aryl methyl sites for hydroxylation is 1. The molecule has 2 aromatic rings. The van der Waals surface area contributed by atoms with E-state index in [1.807, 2.05) is 6.07 Å². The van der Waals surface area contributed by atoms with Gasteiger partial charge in [0.05, 0.1) is 19.1 Å². The SMILES string of the molecule is COc1ccc(-c2ncn3c2CC(N)CC3)cc1F. The molecule has 1 atom stereocenters. The second-order valence-corrected chi connectivity index (χ2v) is 4.84. The monoisotopic (exact) mass is 261 g/mol. The summed E-state index contributed by atoms with van der Waals surface area (Å²) in [6, 6.07) is 5.07. The molecule has 4 nitrogen and oxygen atoms in total. The average Bonchev–Trinajstić information content (AvgIpc) is 2.81. The third-order valence-corrected chi connectivity index (χ3v) is 3.57. The largest absolute Gasteiger partial charge is 0.494 e. The summed E-state index contributed by atoms with van der Waals surface area (Å²) in [6.07, 6.45) is 3.54. The van der Waals surface area contributed by atoms with Crippen molar-refractivity contribution in [3.05, 3.63) is 36.0 Å². The molecule has 0 saturated heterocycles. The van der Waals surface area contributed by atoms with E-state index in [2.05, 4.69) is 9.55 Å². The summed E-state index contributed by atoms with van der Waals surface area (Å²) < 4.78 is 20.8. The van der Waals surface area contributed by atoms with Crippen molar-refractivity contribution in [2.45, 2.75) is 25.4 Å². The van der Waals surface area contributed by atoms with Crippen LogP contribution in [0.25, 0.3) is 11.3 Å². The van der Waals surface area contributed by atoms with Gasteiger partial charge in [-0.05, 0) is 24.6 Å². The summed E-state index contributed by atoms with van der Waals surface area (Å²) >= 11 is 0. The lowest BCUT2D eigenvalue weighted by molar-refractivity contribution is 0.386. The zero-order chi connectivity index (χ0) is 13.4. The Hall–Kier alpha value is -1.88. The maximum Gasteiger partial charge on any atom is 0.165 e. The molecule has 0 aliphatic carbocycles. The second-order valence-electron chi connectivity index (χ2n) is 4.84. The molecule has 19 heavy (non-hydrogen) atoms. The van der Waals surface area contributed by atoms with E-state index in [4.69, 9.17) is 10.5 Å². The maximum atomic E-state index is 13.8. The zero-order valence-corrected chi connectivity index (χ0v) is 10.8. The molecule has 2 heterocycles. The second kappa shape index (κ2) is 4.66. The number of aromatic nitrogens is 2. The van der Waals surface area contributed by atoms with E-state index < -0.39 is 0 Å². The van der Waals surface area contributed by atoms with Gasteiger partial charge in [0.1, 0.15) is 0 Å². The topological polar surface area (TPSA) is 53.1 Å². The molecule has 1 unspecified atom stereocenters. The Morgan fingerprint density at radius 1 is 1.47 bits per heavy atom. The smallest absolute Gasteiger partial charge is 0.165 e. The lowest BCUT2D eigenvalue weighted by Gasteiger charge is -2.21. The summed E-state index contributed by atoms with van der Waals surface area (Å²) in [6.45, 7) is 0.877. The molecule has 0 radical (unpaired) electrons. The number of halogens is 1. The summed E-state index contributed by atoms with van der Waals surface area (Å²) in [4.78, 5) is 4.40. The first-order chi connectivity index (χ1) is 9.19. The molecule has 1 aromatic heterocycles. The van der Waals surface area contributed by atoms with Crippen LogP contribution in [0.4, 0.5) is 4.39 Å². The Labute approximate surface area is 111 Å². The molecule has 0 bridgehead atoms. The molecule has 1 aromatic carbocycles. The minimum atomic E-state index is -0.373. The molecule has 1 aliphatic rings. The third kappa shape index (κ3) is 2.10. The fourth-order valence-electron chi connectivity index (χ4n) is 2.52. The molecular weight excluding hydrogens is 245 g/mol. The number of hydrogen-bond acceptors (Lipinski definition) is 3. The van der Waals surface area contributed by atoms with E-state index in [0.717, 1.165) is 36.3 Å². The third-order valence-electron chi connectivity index (χ3n) is 3.57. The first-order valence-corrected chi connectivity index (χ1v) is 6.32. The average molecular weight is 261 g/mol. The van der Waals surface area contributed by atoms with Crippen molar-refractivity contribution in [2.24, 2.45) is 5.73 Å². The molecule has 5 heteroatoms. The predicted octanol–water partition coefficient (Wildman–Crippen LogP) is 1.97. The number of nitrogens with two attached hydrogens (primary N) is 1. The Kier molecular flexibility index (Phi) is 2.98. The van der Waals surface area contributed by atoms with Gasteiger partial charge in [-0.3, -0.25) is 0 Å². The highest BCUT2D eigenvalue weighted by atomic mass is 19.1. The minimum Gasteiger partial charge on any atom is -0.494 e. The van der Waals surface area contributed by atoms with Crippen molar-refractivity contribution in [3.8, 4) is 17.0 Å². The van der Waals surface area contributed by atoms with Crippen LogP contribution in [-0.4, -0.2) is 22.7 Å². The van der Waals surface area contributed by atoms with Gasteiger partial charge >= 0.3 is 0 Å². The molecule has 1 aliphatic heterocycles. The van der Waals surface area contributed by atoms with Crippen molar-refractivity contribution >= 4 is 0 Å². The van der Waals surface area contributed by atoms with Crippen LogP contribution in [0.15, 0.2) is 24.5 Å². The fourth-order valence-corrected chi connectivity index (χ4v) is 2.52. The van der Waals surface area contributed by atoms with Crippen LogP contribution in [0, 0.1) is 5.82 Å². The number of imidazole rings is 1. The van der Waals surface area contributed by atoms with Crippen molar-refractivity contribution < 1.29 is 9.13 Å². The maximum absolute atomic E-state index is 13.8. The number of rotatable bonds is 2. The molecule has 0 spiro atoms. The normalized spacial score (nSPS) is 18.2. The summed E-state index contributed by atoms with van der Waals surface area (Å²) in [5.41, 5.74) is 8.66. The van der Waals surface area contributed by atoms with Crippen LogP contribution in [0.2, 0.25) is 0 Å². The van der Waals surface area contributed by atoms with Crippen LogP contribution in [0.3, 0.4) is 0 Å². The van der Waals surface area contributed by atoms with Gasteiger partial charge in [-0.2, -0.15) is 0 Å². The van der Waals surface area contributed by atoms with Gasteiger partial charge in [0.25, 0.3) is 0 Å². The molecule has 0 fully saturated rings. The summed E-state index contributed by atoms with van der Waals surface area (Å²) in [5, 5.41) is 0. The Morgan fingerprint density at radius 3 is 3.05 bits per heavy atom. The van der Waals surface area contributed by atoms with Gasteiger partial charge in [-0.1, -0.05) is 0 Å². The highest BCUT2D eigenvalue weighted by molar-refractivity contribution is 5.63. The molecule has 2 N–H and O–H groups in total. The Morgan fingerprint density at radius 2 is 2.32 bits per heavy atom. The van der Waals surface area contributed by atoms with E-state index in [1.54, 1.807) is 12.4 Å². The molecule has 3 rings (SSSR count). The van der Waals surface area contributed by atoms with Crippen molar-refractivity contribution in [3.63, 3.8) is 0 Å². The van der Waals surface area contributed by atoms with Crippen LogP contribution in [0.5, 0.6) is 5.75 Å².